The molecule has 0 aliphatic heterocycles. The van der Waals surface area contributed by atoms with Crippen LogP contribution in [0.1, 0.15) is 21.8 Å². The Morgan fingerprint density at radius 3 is 2.84 bits per heavy atom. The van der Waals surface area contributed by atoms with Gasteiger partial charge in [-0.05, 0) is 42.5 Å². The Balaban J connectivity index is 1.38. The highest BCUT2D eigenvalue weighted by Crippen LogP contribution is 2.27. The number of amides is 1. The third kappa shape index (κ3) is 5.35. The molecule has 0 atom stereocenters. The van der Waals surface area contributed by atoms with Crippen LogP contribution in [0.4, 0.5) is 5.13 Å². The number of rotatable bonds is 9. The summed E-state index contributed by atoms with van der Waals surface area (Å²) in [7, 11) is 0. The summed E-state index contributed by atoms with van der Waals surface area (Å²) in [4.78, 5) is 18.3. The zero-order valence-electron chi connectivity index (χ0n) is 17.9. The van der Waals surface area contributed by atoms with Crippen molar-refractivity contribution in [3.8, 4) is 11.3 Å². The lowest BCUT2D eigenvalue weighted by Crippen LogP contribution is -2.14. The summed E-state index contributed by atoms with van der Waals surface area (Å²) in [5.41, 5.74) is 4.39. The highest BCUT2D eigenvalue weighted by Gasteiger charge is 2.15. The Morgan fingerprint density at radius 2 is 2.09 bits per heavy atom. The molecule has 0 spiro atoms. The van der Waals surface area contributed by atoms with Crippen LogP contribution in [0.5, 0.6) is 0 Å². The average molecular weight is 482 g/mol. The van der Waals surface area contributed by atoms with Crippen molar-refractivity contribution < 1.29 is 4.79 Å². The van der Waals surface area contributed by atoms with E-state index in [2.05, 4.69) is 65.2 Å². The van der Waals surface area contributed by atoms with Gasteiger partial charge in [-0.2, -0.15) is 0 Å². The third-order valence-corrected chi connectivity index (χ3v) is 7.50. The molecule has 0 saturated heterocycles. The highest BCUT2D eigenvalue weighted by atomic mass is 32.2. The SMILES string of the molecule is C=CCn1c(Cc2cccs2)nnc1SCC(=O)Nc1nc(-c2ccc(C)c(C)c2)cs1. The Labute approximate surface area is 199 Å². The van der Waals surface area contributed by atoms with Gasteiger partial charge in [-0.3, -0.25) is 4.79 Å². The van der Waals surface area contributed by atoms with E-state index in [1.54, 1.807) is 11.3 Å². The van der Waals surface area contributed by atoms with E-state index in [-0.39, 0.29) is 11.7 Å². The number of aromatic nitrogens is 4. The van der Waals surface area contributed by atoms with Crippen LogP contribution in [0.15, 0.2) is 58.9 Å². The van der Waals surface area contributed by atoms with E-state index in [0.29, 0.717) is 23.3 Å². The molecule has 0 aliphatic rings. The number of carbonyl (C=O) groups excluding carboxylic acids is 1. The maximum Gasteiger partial charge on any atom is 0.236 e. The number of carbonyl (C=O) groups is 1. The zero-order chi connectivity index (χ0) is 22.5. The molecule has 3 heterocycles. The second-order valence-corrected chi connectivity index (χ2v) is 10.1. The topological polar surface area (TPSA) is 72.7 Å². The Hall–Kier alpha value is -2.75. The minimum Gasteiger partial charge on any atom is -0.302 e. The van der Waals surface area contributed by atoms with Crippen LogP contribution >= 0.6 is 34.4 Å². The van der Waals surface area contributed by atoms with E-state index >= 15 is 0 Å². The molecule has 0 saturated carbocycles. The van der Waals surface area contributed by atoms with Crippen LogP contribution in [-0.4, -0.2) is 31.4 Å². The molecule has 6 nitrogen and oxygen atoms in total. The molecule has 9 heteroatoms. The van der Waals surface area contributed by atoms with Gasteiger partial charge < -0.3 is 9.88 Å². The number of nitrogens with one attached hydrogen (secondary N) is 1. The van der Waals surface area contributed by atoms with Crippen LogP contribution in [0.2, 0.25) is 0 Å². The van der Waals surface area contributed by atoms with Gasteiger partial charge >= 0.3 is 0 Å². The number of aryl methyl sites for hydroxylation is 2. The van der Waals surface area contributed by atoms with Gasteiger partial charge in [0.1, 0.15) is 5.82 Å². The van der Waals surface area contributed by atoms with Crippen molar-refractivity contribution in [1.82, 2.24) is 19.7 Å². The minimum atomic E-state index is -0.121. The summed E-state index contributed by atoms with van der Waals surface area (Å²) in [6, 6.07) is 10.4. The predicted octanol–water partition coefficient (Wildman–Crippen LogP) is 5.59. The quantitative estimate of drug-likeness (QED) is 0.249. The molecule has 0 fully saturated rings. The lowest BCUT2D eigenvalue weighted by molar-refractivity contribution is -0.113. The molecule has 0 unspecified atom stereocenters. The first-order valence-electron chi connectivity index (χ1n) is 10.0. The van der Waals surface area contributed by atoms with Crippen molar-refractivity contribution in [2.45, 2.75) is 32.0 Å². The summed E-state index contributed by atoms with van der Waals surface area (Å²) in [6.45, 7) is 8.61. The number of anilines is 1. The molecule has 4 rings (SSSR count). The molecule has 1 aromatic carbocycles. The van der Waals surface area contributed by atoms with Crippen molar-refractivity contribution in [2.75, 3.05) is 11.1 Å². The first kappa shape index (κ1) is 22.4. The van der Waals surface area contributed by atoms with Crippen LogP contribution in [0.25, 0.3) is 11.3 Å². The lowest BCUT2D eigenvalue weighted by atomic mass is 10.1. The van der Waals surface area contributed by atoms with Gasteiger partial charge in [0.25, 0.3) is 0 Å². The monoisotopic (exact) mass is 481 g/mol. The molecule has 1 N–H and O–H groups in total. The van der Waals surface area contributed by atoms with E-state index in [4.69, 9.17) is 0 Å². The van der Waals surface area contributed by atoms with Crippen molar-refractivity contribution in [3.05, 3.63) is 75.6 Å². The van der Waals surface area contributed by atoms with E-state index in [9.17, 15) is 4.79 Å². The first-order valence-corrected chi connectivity index (χ1v) is 12.8. The molecular weight excluding hydrogens is 458 g/mol. The van der Waals surface area contributed by atoms with Gasteiger partial charge in [-0.25, -0.2) is 4.98 Å². The van der Waals surface area contributed by atoms with Crippen molar-refractivity contribution in [1.29, 1.82) is 0 Å². The molecule has 0 bridgehead atoms. The largest absolute Gasteiger partial charge is 0.302 e. The summed E-state index contributed by atoms with van der Waals surface area (Å²) in [5.74, 6) is 0.976. The molecule has 1 amide bonds. The Morgan fingerprint density at radius 1 is 1.22 bits per heavy atom. The molecule has 164 valence electrons. The number of benzene rings is 1. The van der Waals surface area contributed by atoms with Crippen molar-refractivity contribution in [2.24, 2.45) is 0 Å². The number of hydrogen-bond donors (Lipinski definition) is 1. The standard InChI is InChI=1S/C23H23N5OS3/c1-4-9-28-20(12-18-6-5-10-30-18)26-27-23(28)32-14-21(29)25-22-24-19(13-31-22)17-8-7-15(2)16(3)11-17/h4-8,10-11,13H,1,9,12,14H2,2-3H3,(H,24,25,29). The predicted molar refractivity (Wildman–Crippen MR) is 134 cm³/mol. The molecule has 3 aromatic heterocycles. The summed E-state index contributed by atoms with van der Waals surface area (Å²) in [6.07, 6.45) is 2.53. The van der Waals surface area contributed by atoms with Gasteiger partial charge in [0.15, 0.2) is 10.3 Å². The summed E-state index contributed by atoms with van der Waals surface area (Å²) >= 11 is 4.48. The number of allylic oxidation sites excluding steroid dienone is 1. The Bertz CT molecular complexity index is 1230. The van der Waals surface area contributed by atoms with E-state index in [1.165, 1.54) is 39.1 Å². The molecular formula is C23H23N5OS3. The fourth-order valence-corrected chi connectivity index (χ4v) is 5.29. The van der Waals surface area contributed by atoms with E-state index < -0.39 is 0 Å². The average Bonchev–Trinajstić information content (AvgIpc) is 3.52. The van der Waals surface area contributed by atoms with Gasteiger partial charge in [0.05, 0.1) is 11.4 Å². The maximum absolute atomic E-state index is 12.5. The smallest absolute Gasteiger partial charge is 0.236 e. The maximum atomic E-state index is 12.5. The van der Waals surface area contributed by atoms with Crippen LogP contribution < -0.4 is 5.32 Å². The highest BCUT2D eigenvalue weighted by molar-refractivity contribution is 7.99. The van der Waals surface area contributed by atoms with Crippen molar-refractivity contribution >= 4 is 45.5 Å². The summed E-state index contributed by atoms with van der Waals surface area (Å²) in [5, 5.41) is 16.8. The second kappa shape index (κ2) is 10.2. The molecule has 0 aliphatic carbocycles. The van der Waals surface area contributed by atoms with Crippen molar-refractivity contribution in [3.63, 3.8) is 0 Å². The second-order valence-electron chi connectivity index (χ2n) is 7.23. The first-order chi connectivity index (χ1) is 15.5. The van der Waals surface area contributed by atoms with E-state index in [0.717, 1.165) is 17.1 Å². The molecule has 32 heavy (non-hydrogen) atoms. The molecule has 0 radical (unpaired) electrons. The lowest BCUT2D eigenvalue weighted by Gasteiger charge is -2.07. The number of hydrogen-bond acceptors (Lipinski definition) is 7. The minimum absolute atomic E-state index is 0.121. The number of nitrogens with zero attached hydrogens (tertiary/aromatic N) is 4. The number of thioether (sulfide) groups is 1. The summed E-state index contributed by atoms with van der Waals surface area (Å²) < 4.78 is 2.01. The van der Waals surface area contributed by atoms with Gasteiger partial charge in [-0.15, -0.1) is 39.4 Å². The Kier molecular flexibility index (Phi) is 7.19. The van der Waals surface area contributed by atoms with Gasteiger partial charge in [0, 0.05) is 28.8 Å². The molecule has 4 aromatic rings. The van der Waals surface area contributed by atoms with Gasteiger partial charge in [-0.1, -0.05) is 36.0 Å². The zero-order valence-corrected chi connectivity index (χ0v) is 20.3. The van der Waals surface area contributed by atoms with Crippen LogP contribution in [0, 0.1) is 13.8 Å². The third-order valence-electron chi connectivity index (χ3n) is 4.90. The number of thiophene rings is 1. The number of thiazole rings is 1. The fraction of sp³-hybridized carbons (Fsp3) is 0.217. The fourth-order valence-electron chi connectivity index (χ4n) is 3.09. The van der Waals surface area contributed by atoms with Crippen LogP contribution in [-0.2, 0) is 17.8 Å². The normalized spacial score (nSPS) is 10.9. The van der Waals surface area contributed by atoms with E-state index in [1.807, 2.05) is 27.5 Å². The van der Waals surface area contributed by atoms with Crippen LogP contribution in [0.3, 0.4) is 0 Å². The van der Waals surface area contributed by atoms with Gasteiger partial charge in [0.2, 0.25) is 5.91 Å².